The van der Waals surface area contributed by atoms with Gasteiger partial charge in [0.05, 0.1) is 0 Å². The molecule has 0 N–H and O–H groups in total. The predicted molar refractivity (Wildman–Crippen MR) is 140 cm³/mol. The molecule has 2 nitrogen and oxygen atoms in total. The number of unbranched alkanes of at least 4 members (excludes halogenated alkanes) is 1. The molecule has 1 aromatic heterocycles. The Hall–Kier alpha value is -3.00. The van der Waals surface area contributed by atoms with Gasteiger partial charge in [0.15, 0.2) is 0 Å². The lowest BCUT2D eigenvalue weighted by Gasteiger charge is -2.13. The number of pyridine rings is 1. The smallest absolute Gasteiger partial charge is 0.123 e. The fourth-order valence-electron chi connectivity index (χ4n) is 4.46. The van der Waals surface area contributed by atoms with Gasteiger partial charge >= 0.3 is 0 Å². The Morgan fingerprint density at radius 2 is 1.73 bits per heavy atom. The SMILES string of the molecule is CCC(C=O)CCCCc1cccc(C2=Cc3ccccc3C2C)c1.CCc1ccncc1. The number of carbonyl (C=O) groups excluding carboxylic acids is 1. The zero-order chi connectivity index (χ0) is 23.5. The summed E-state index contributed by atoms with van der Waals surface area (Å²) in [5.74, 6) is 0.707. The van der Waals surface area contributed by atoms with Gasteiger partial charge in [0.25, 0.3) is 0 Å². The van der Waals surface area contributed by atoms with Crippen LogP contribution >= 0.6 is 0 Å². The van der Waals surface area contributed by atoms with E-state index in [1.54, 1.807) is 0 Å². The largest absolute Gasteiger partial charge is 0.303 e. The molecule has 3 aromatic rings. The van der Waals surface area contributed by atoms with Crippen molar-refractivity contribution in [1.29, 1.82) is 0 Å². The summed E-state index contributed by atoms with van der Waals surface area (Å²) in [5.41, 5.74) is 8.31. The minimum Gasteiger partial charge on any atom is -0.303 e. The molecule has 0 bridgehead atoms. The molecular weight excluding hydrogens is 402 g/mol. The molecule has 1 aliphatic carbocycles. The molecule has 172 valence electrons. The predicted octanol–water partition coefficient (Wildman–Crippen LogP) is 7.93. The van der Waals surface area contributed by atoms with Crippen LogP contribution in [-0.2, 0) is 17.6 Å². The highest BCUT2D eigenvalue weighted by Gasteiger charge is 2.21. The maximum absolute atomic E-state index is 10.9. The highest BCUT2D eigenvalue weighted by atomic mass is 16.1. The van der Waals surface area contributed by atoms with Gasteiger partial charge in [0, 0.05) is 24.2 Å². The first kappa shape index (κ1) is 24.6. The third kappa shape index (κ3) is 6.99. The van der Waals surface area contributed by atoms with Gasteiger partial charge in [0.1, 0.15) is 6.29 Å². The van der Waals surface area contributed by atoms with Gasteiger partial charge in [-0.2, -0.15) is 0 Å². The molecular formula is C31H37NO. The second-order valence-corrected chi connectivity index (χ2v) is 8.91. The molecule has 0 amide bonds. The number of aldehydes is 1. The summed E-state index contributed by atoms with van der Waals surface area (Å²) in [6, 6.07) is 21.7. The number of allylic oxidation sites excluding steroid dienone is 1. The molecule has 1 heterocycles. The minimum absolute atomic E-state index is 0.245. The third-order valence-corrected chi connectivity index (χ3v) is 6.67. The van der Waals surface area contributed by atoms with Crippen LogP contribution in [0.3, 0.4) is 0 Å². The number of nitrogens with zero attached hydrogens (tertiary/aromatic N) is 1. The topological polar surface area (TPSA) is 30.0 Å². The first-order valence-corrected chi connectivity index (χ1v) is 12.4. The minimum atomic E-state index is 0.245. The Labute approximate surface area is 199 Å². The molecule has 1 aliphatic rings. The average Bonchev–Trinajstić information content (AvgIpc) is 3.22. The molecule has 2 heteroatoms. The Morgan fingerprint density at radius 1 is 0.939 bits per heavy atom. The Bertz CT molecular complexity index is 1040. The lowest BCUT2D eigenvalue weighted by molar-refractivity contribution is -0.111. The number of rotatable bonds is 9. The standard InChI is InChI=1S/C24H28O.C7H9N/c1-3-19(17-25)9-4-5-10-20-11-8-13-21(15-20)24-16-22-12-6-7-14-23(22)18(24)2;1-2-7-3-5-8-6-4-7/h6-8,11-19H,3-5,9-10H2,1-2H3;3-6H,2H2,1H3. The summed E-state index contributed by atoms with van der Waals surface area (Å²) in [6.07, 6.45) is 13.6. The number of hydrogen-bond donors (Lipinski definition) is 0. The molecule has 0 saturated carbocycles. The van der Waals surface area contributed by atoms with Crippen LogP contribution in [0.15, 0.2) is 73.1 Å². The van der Waals surface area contributed by atoms with Crippen LogP contribution in [0.2, 0.25) is 0 Å². The van der Waals surface area contributed by atoms with E-state index in [0.29, 0.717) is 5.92 Å². The van der Waals surface area contributed by atoms with Crippen LogP contribution < -0.4 is 0 Å². The first-order chi connectivity index (χ1) is 16.2. The monoisotopic (exact) mass is 439 g/mol. The van der Waals surface area contributed by atoms with Gasteiger partial charge in [-0.3, -0.25) is 4.98 Å². The quantitative estimate of drug-likeness (QED) is 0.250. The zero-order valence-electron chi connectivity index (χ0n) is 20.3. The van der Waals surface area contributed by atoms with Crippen molar-refractivity contribution in [3.63, 3.8) is 0 Å². The summed E-state index contributed by atoms with van der Waals surface area (Å²) in [6.45, 7) is 6.53. The van der Waals surface area contributed by atoms with E-state index >= 15 is 0 Å². The number of fused-ring (bicyclic) bond motifs is 1. The number of aromatic nitrogens is 1. The van der Waals surface area contributed by atoms with E-state index < -0.39 is 0 Å². The lowest BCUT2D eigenvalue weighted by atomic mass is 9.91. The number of aryl methyl sites for hydroxylation is 2. The van der Waals surface area contributed by atoms with Crippen molar-refractivity contribution in [3.05, 3.63) is 101 Å². The summed E-state index contributed by atoms with van der Waals surface area (Å²) in [4.78, 5) is 14.8. The van der Waals surface area contributed by atoms with Crippen molar-refractivity contribution in [2.45, 2.75) is 65.2 Å². The van der Waals surface area contributed by atoms with E-state index in [4.69, 9.17) is 0 Å². The molecule has 2 atom stereocenters. The van der Waals surface area contributed by atoms with Crippen LogP contribution in [0.1, 0.15) is 80.2 Å². The van der Waals surface area contributed by atoms with E-state index in [-0.39, 0.29) is 5.92 Å². The van der Waals surface area contributed by atoms with Crippen LogP contribution in [0, 0.1) is 5.92 Å². The fraction of sp³-hybridized carbons (Fsp3) is 0.355. The van der Waals surface area contributed by atoms with Crippen molar-refractivity contribution in [2.24, 2.45) is 5.92 Å². The first-order valence-electron chi connectivity index (χ1n) is 12.4. The van der Waals surface area contributed by atoms with Gasteiger partial charge in [-0.05, 0) is 77.6 Å². The van der Waals surface area contributed by atoms with E-state index in [1.165, 1.54) is 33.4 Å². The molecule has 4 rings (SSSR count). The van der Waals surface area contributed by atoms with Gasteiger partial charge in [0.2, 0.25) is 0 Å². The Morgan fingerprint density at radius 3 is 2.39 bits per heavy atom. The highest BCUT2D eigenvalue weighted by Crippen LogP contribution is 2.41. The second-order valence-electron chi connectivity index (χ2n) is 8.91. The van der Waals surface area contributed by atoms with Crippen LogP contribution in [0.5, 0.6) is 0 Å². The second kappa shape index (κ2) is 12.9. The Kier molecular flexibility index (Phi) is 9.62. The maximum atomic E-state index is 10.9. The van der Waals surface area contributed by atoms with E-state index in [0.717, 1.165) is 44.8 Å². The molecule has 0 aliphatic heterocycles. The van der Waals surface area contributed by atoms with Crippen LogP contribution in [0.4, 0.5) is 0 Å². The van der Waals surface area contributed by atoms with Gasteiger partial charge in [-0.25, -0.2) is 0 Å². The average molecular weight is 440 g/mol. The molecule has 0 fully saturated rings. The fourth-order valence-corrected chi connectivity index (χ4v) is 4.46. The molecule has 2 aromatic carbocycles. The van der Waals surface area contributed by atoms with Crippen LogP contribution in [-0.4, -0.2) is 11.3 Å². The zero-order valence-corrected chi connectivity index (χ0v) is 20.3. The normalized spacial score (nSPS) is 15.1. The number of carbonyl (C=O) groups is 1. The summed E-state index contributed by atoms with van der Waals surface area (Å²) in [7, 11) is 0. The van der Waals surface area contributed by atoms with Gasteiger partial charge in [-0.1, -0.05) is 81.8 Å². The molecule has 33 heavy (non-hydrogen) atoms. The van der Waals surface area contributed by atoms with E-state index in [1.807, 2.05) is 24.5 Å². The summed E-state index contributed by atoms with van der Waals surface area (Å²) in [5, 5.41) is 0. The molecule has 0 saturated heterocycles. The lowest BCUT2D eigenvalue weighted by Crippen LogP contribution is -2.00. The van der Waals surface area contributed by atoms with Crippen LogP contribution in [0.25, 0.3) is 11.6 Å². The highest BCUT2D eigenvalue weighted by molar-refractivity contribution is 5.91. The van der Waals surface area contributed by atoms with E-state index in [9.17, 15) is 4.79 Å². The summed E-state index contributed by atoms with van der Waals surface area (Å²) < 4.78 is 0. The van der Waals surface area contributed by atoms with Crippen molar-refractivity contribution < 1.29 is 4.79 Å². The molecule has 0 radical (unpaired) electrons. The van der Waals surface area contributed by atoms with Crippen molar-refractivity contribution in [3.8, 4) is 0 Å². The van der Waals surface area contributed by atoms with Crippen molar-refractivity contribution in [1.82, 2.24) is 4.98 Å². The number of hydrogen-bond acceptors (Lipinski definition) is 2. The molecule has 2 unspecified atom stereocenters. The Balaban J connectivity index is 0.000000323. The summed E-state index contributed by atoms with van der Waals surface area (Å²) >= 11 is 0. The van der Waals surface area contributed by atoms with Crippen molar-refractivity contribution in [2.75, 3.05) is 0 Å². The van der Waals surface area contributed by atoms with E-state index in [2.05, 4.69) is 80.4 Å². The third-order valence-electron chi connectivity index (χ3n) is 6.67. The molecule has 0 spiro atoms. The maximum Gasteiger partial charge on any atom is 0.123 e. The van der Waals surface area contributed by atoms with Crippen molar-refractivity contribution >= 4 is 17.9 Å². The number of benzene rings is 2. The van der Waals surface area contributed by atoms with Gasteiger partial charge in [-0.15, -0.1) is 0 Å². The van der Waals surface area contributed by atoms with Gasteiger partial charge < -0.3 is 4.79 Å².